The zero-order valence-corrected chi connectivity index (χ0v) is 41.4. The SMILES string of the molecule is O=C(Oc1cc(COc2cc(COc3ccccc3)cc(COc3ccccc3)c2)cc(COc2cc(COc3ccccc3)cc(COc3ccccc3)c2)c1)c1cc2cc3c4c(c2oc1=O)CCCN4CCC3. The number of hydrogen-bond acceptors (Lipinski definition) is 11. The zero-order valence-electron chi connectivity index (χ0n) is 41.4. The van der Waals surface area contributed by atoms with Gasteiger partial charge in [-0.1, -0.05) is 72.8 Å². The number of rotatable bonds is 20. The van der Waals surface area contributed by atoms with E-state index in [9.17, 15) is 9.59 Å². The number of esters is 1. The lowest BCUT2D eigenvalue weighted by Gasteiger charge is -2.37. The molecule has 2 aliphatic rings. The van der Waals surface area contributed by atoms with Crippen molar-refractivity contribution in [3.05, 3.63) is 249 Å². The van der Waals surface area contributed by atoms with Gasteiger partial charge in [0.05, 0.1) is 0 Å². The van der Waals surface area contributed by atoms with E-state index in [4.69, 9.17) is 37.6 Å². The molecule has 11 rings (SSSR count). The van der Waals surface area contributed by atoms with Gasteiger partial charge in [-0.15, -0.1) is 0 Å². The highest BCUT2D eigenvalue weighted by Crippen LogP contribution is 2.40. The molecule has 0 saturated heterocycles. The van der Waals surface area contributed by atoms with E-state index in [2.05, 4.69) is 11.0 Å². The van der Waals surface area contributed by atoms with Crippen molar-refractivity contribution in [2.75, 3.05) is 18.0 Å². The van der Waals surface area contributed by atoms with Crippen LogP contribution in [-0.4, -0.2) is 19.1 Å². The molecule has 0 radical (unpaired) electrons. The van der Waals surface area contributed by atoms with E-state index in [0.717, 1.165) is 89.6 Å². The first-order valence-electron chi connectivity index (χ1n) is 25.4. The number of carbonyl (C=O) groups is 1. The molecular formula is C64H55NO10. The zero-order chi connectivity index (χ0) is 50.8. The van der Waals surface area contributed by atoms with Gasteiger partial charge in [0.25, 0.3) is 0 Å². The molecule has 0 saturated carbocycles. The van der Waals surface area contributed by atoms with Crippen LogP contribution in [0.25, 0.3) is 11.0 Å². The van der Waals surface area contributed by atoms with Crippen molar-refractivity contribution >= 4 is 22.6 Å². The van der Waals surface area contributed by atoms with Gasteiger partial charge < -0.3 is 42.5 Å². The highest BCUT2D eigenvalue weighted by molar-refractivity contribution is 5.96. The summed E-state index contributed by atoms with van der Waals surface area (Å²) in [5.41, 5.74) is 7.98. The Balaban J connectivity index is 0.882. The van der Waals surface area contributed by atoms with Gasteiger partial charge in [-0.2, -0.15) is 0 Å². The standard InChI is InChI=1S/C64H55NO10/c66-63(60-37-51-36-50-15-13-25-65-26-14-24-59(61(50)65)62(51)75-64(60)67)74-58-34-48(42-72-56-30-44(38-68-52-16-5-1-6-17-52)27-45(31-56)39-69-53-18-7-2-8-19-53)29-49(35-58)43-73-57-32-46(40-70-54-20-9-3-10-21-54)28-47(33-57)41-71-55-22-11-4-12-23-55/h1-12,16-23,27-37H,13-15,24-26,38-43H2. The molecule has 3 heterocycles. The summed E-state index contributed by atoms with van der Waals surface area (Å²) in [6, 6.07) is 59.5. The van der Waals surface area contributed by atoms with E-state index in [1.165, 1.54) is 11.3 Å². The van der Waals surface area contributed by atoms with Crippen LogP contribution in [0.2, 0.25) is 0 Å². The van der Waals surface area contributed by atoms with Crippen LogP contribution in [0.1, 0.15) is 67.7 Å². The van der Waals surface area contributed by atoms with E-state index in [1.54, 1.807) is 18.2 Å². The van der Waals surface area contributed by atoms with Crippen molar-refractivity contribution < 1.29 is 42.4 Å². The fourth-order valence-corrected chi connectivity index (χ4v) is 9.73. The number of carbonyl (C=O) groups excluding carboxylic acids is 1. The molecule has 376 valence electrons. The summed E-state index contributed by atoms with van der Waals surface area (Å²) >= 11 is 0. The second-order valence-electron chi connectivity index (χ2n) is 18.8. The monoisotopic (exact) mass is 997 g/mol. The summed E-state index contributed by atoms with van der Waals surface area (Å²) < 4.78 is 49.8. The van der Waals surface area contributed by atoms with Crippen molar-refractivity contribution in [1.29, 1.82) is 0 Å². The van der Waals surface area contributed by atoms with Crippen molar-refractivity contribution in [2.45, 2.75) is 65.3 Å². The predicted octanol–water partition coefficient (Wildman–Crippen LogP) is 13.2. The van der Waals surface area contributed by atoms with Crippen LogP contribution in [0.3, 0.4) is 0 Å². The maximum Gasteiger partial charge on any atom is 0.351 e. The molecule has 11 heteroatoms. The van der Waals surface area contributed by atoms with Crippen LogP contribution in [0, 0.1) is 0 Å². The van der Waals surface area contributed by atoms with Crippen LogP contribution in [0.4, 0.5) is 5.69 Å². The molecule has 9 aromatic rings. The van der Waals surface area contributed by atoms with Gasteiger partial charge in [0.15, 0.2) is 0 Å². The molecule has 0 amide bonds. The molecule has 0 N–H and O–H groups in total. The van der Waals surface area contributed by atoms with Gasteiger partial charge in [0.2, 0.25) is 0 Å². The Morgan fingerprint density at radius 3 is 1.21 bits per heavy atom. The number of para-hydroxylation sites is 4. The van der Waals surface area contributed by atoms with Crippen molar-refractivity contribution in [3.8, 4) is 40.2 Å². The third-order valence-corrected chi connectivity index (χ3v) is 13.1. The Hall–Kier alpha value is -8.96. The van der Waals surface area contributed by atoms with Crippen LogP contribution < -0.4 is 43.7 Å². The molecule has 1 aromatic heterocycles. The number of benzene rings is 8. The van der Waals surface area contributed by atoms with E-state index in [1.807, 2.05) is 164 Å². The fourth-order valence-electron chi connectivity index (χ4n) is 9.73. The highest BCUT2D eigenvalue weighted by atomic mass is 16.5. The van der Waals surface area contributed by atoms with Crippen LogP contribution in [0.15, 0.2) is 197 Å². The van der Waals surface area contributed by atoms with E-state index < -0.39 is 11.6 Å². The Morgan fingerprint density at radius 2 is 0.800 bits per heavy atom. The van der Waals surface area contributed by atoms with Crippen LogP contribution >= 0.6 is 0 Å². The summed E-state index contributed by atoms with van der Waals surface area (Å²) in [5, 5.41) is 0.713. The molecule has 2 aliphatic heterocycles. The first-order chi connectivity index (χ1) is 36.9. The molecule has 0 unspecified atom stereocenters. The smallest absolute Gasteiger partial charge is 0.351 e. The quantitative estimate of drug-likeness (QED) is 0.0413. The lowest BCUT2D eigenvalue weighted by atomic mass is 9.90. The molecule has 11 nitrogen and oxygen atoms in total. The fraction of sp³-hybridized carbons (Fsp3) is 0.188. The number of aryl methyl sites for hydroxylation is 2. The topological polar surface area (TPSA) is 115 Å². The molecule has 75 heavy (non-hydrogen) atoms. The number of ether oxygens (including phenoxy) is 7. The Kier molecular flexibility index (Phi) is 14.7. The highest BCUT2D eigenvalue weighted by Gasteiger charge is 2.28. The molecule has 0 aliphatic carbocycles. The Bertz CT molecular complexity index is 3190. The second-order valence-corrected chi connectivity index (χ2v) is 18.8. The van der Waals surface area contributed by atoms with Crippen molar-refractivity contribution in [2.24, 2.45) is 0 Å². The normalized spacial score (nSPS) is 12.6. The molecule has 0 atom stereocenters. The van der Waals surface area contributed by atoms with Crippen molar-refractivity contribution in [1.82, 2.24) is 0 Å². The number of anilines is 1. The first-order valence-corrected chi connectivity index (χ1v) is 25.4. The number of nitrogens with zero attached hydrogens (tertiary/aromatic N) is 1. The van der Waals surface area contributed by atoms with Gasteiger partial charge in [-0.3, -0.25) is 0 Å². The van der Waals surface area contributed by atoms with Crippen LogP contribution in [-0.2, 0) is 52.5 Å². The van der Waals surface area contributed by atoms with Gasteiger partial charge in [-0.25, -0.2) is 9.59 Å². The maximum absolute atomic E-state index is 14.2. The summed E-state index contributed by atoms with van der Waals surface area (Å²) in [6.45, 7) is 3.37. The largest absolute Gasteiger partial charge is 0.489 e. The summed E-state index contributed by atoms with van der Waals surface area (Å²) in [7, 11) is 0. The summed E-state index contributed by atoms with van der Waals surface area (Å²) in [6.07, 6.45) is 3.76. The average Bonchev–Trinajstić information content (AvgIpc) is 3.47. The van der Waals surface area contributed by atoms with Crippen molar-refractivity contribution in [3.63, 3.8) is 0 Å². The third kappa shape index (κ3) is 12.3. The molecule has 0 spiro atoms. The Labute approximate surface area is 435 Å². The van der Waals surface area contributed by atoms with E-state index in [-0.39, 0.29) is 24.5 Å². The molecule has 0 fully saturated rings. The molecule has 0 bridgehead atoms. The van der Waals surface area contributed by atoms with E-state index >= 15 is 0 Å². The first kappa shape index (κ1) is 48.3. The van der Waals surface area contributed by atoms with Gasteiger partial charge in [0, 0.05) is 29.7 Å². The van der Waals surface area contributed by atoms with Gasteiger partial charge >= 0.3 is 11.6 Å². The number of fused-ring (bicyclic) bond motifs is 2. The Morgan fingerprint density at radius 1 is 0.427 bits per heavy atom. The maximum atomic E-state index is 14.2. The lowest BCUT2D eigenvalue weighted by molar-refractivity contribution is 0.0730. The number of hydrogen-bond donors (Lipinski definition) is 0. The summed E-state index contributed by atoms with van der Waals surface area (Å²) in [4.78, 5) is 30.3. The average molecular weight is 998 g/mol. The van der Waals surface area contributed by atoms with Gasteiger partial charge in [0.1, 0.15) is 91.0 Å². The van der Waals surface area contributed by atoms with E-state index in [0.29, 0.717) is 60.0 Å². The summed E-state index contributed by atoms with van der Waals surface area (Å²) in [5.74, 6) is 3.55. The molecular weight excluding hydrogens is 943 g/mol. The second kappa shape index (κ2) is 22.9. The molecule has 8 aromatic carbocycles. The minimum Gasteiger partial charge on any atom is -0.489 e. The van der Waals surface area contributed by atoms with Gasteiger partial charge in [-0.05, 0) is 180 Å². The minimum absolute atomic E-state index is 0.0939. The minimum atomic E-state index is -0.827. The predicted molar refractivity (Wildman–Crippen MR) is 287 cm³/mol. The third-order valence-electron chi connectivity index (χ3n) is 13.1. The van der Waals surface area contributed by atoms with Crippen LogP contribution in [0.5, 0.6) is 40.2 Å². The lowest BCUT2D eigenvalue weighted by Crippen LogP contribution is -2.34.